The van der Waals surface area contributed by atoms with Gasteiger partial charge in [-0.25, -0.2) is 0 Å². The molecule has 0 radical (unpaired) electrons. The molecular formula is C19H15ClN2O3. The summed E-state index contributed by atoms with van der Waals surface area (Å²) in [5.41, 5.74) is 0.00604. The first kappa shape index (κ1) is 16.8. The number of halogens is 1. The third kappa shape index (κ3) is 2.68. The molecule has 25 heavy (non-hydrogen) atoms. The lowest BCUT2D eigenvalue weighted by atomic mass is 10.1. The van der Waals surface area contributed by atoms with Gasteiger partial charge in [0, 0.05) is 18.9 Å². The van der Waals surface area contributed by atoms with Crippen molar-refractivity contribution in [3.63, 3.8) is 0 Å². The maximum absolute atomic E-state index is 13.0. The highest BCUT2D eigenvalue weighted by Gasteiger charge is 2.26. The number of fused-ring (bicyclic) bond motifs is 1. The van der Waals surface area contributed by atoms with E-state index >= 15 is 0 Å². The van der Waals surface area contributed by atoms with Gasteiger partial charge in [-0.05, 0) is 24.3 Å². The van der Waals surface area contributed by atoms with Crippen LogP contribution in [0.3, 0.4) is 0 Å². The highest BCUT2D eigenvalue weighted by atomic mass is 35.5. The minimum absolute atomic E-state index is 0.254. The van der Waals surface area contributed by atoms with Crippen LogP contribution in [0, 0.1) is 0 Å². The number of aryl methyl sites for hydroxylation is 1. The number of hydrogen-bond donors (Lipinski definition) is 1. The molecule has 0 unspecified atom stereocenters. The van der Waals surface area contributed by atoms with Gasteiger partial charge in [-0.2, -0.15) is 0 Å². The second-order valence-electron chi connectivity index (χ2n) is 5.42. The Morgan fingerprint density at radius 1 is 1.20 bits per heavy atom. The lowest BCUT2D eigenvalue weighted by molar-refractivity contribution is 0.0993. The Labute approximate surface area is 149 Å². The fourth-order valence-corrected chi connectivity index (χ4v) is 3.00. The molecule has 1 aromatic heterocycles. The molecule has 0 bridgehead atoms. The number of carbonyl (C=O) groups is 1. The molecular weight excluding hydrogens is 340 g/mol. The smallest absolute Gasteiger partial charge is 0.271 e. The number of carbonyl (C=O) groups excluding carboxylic acids is 1. The fourth-order valence-electron chi connectivity index (χ4n) is 2.74. The van der Waals surface area contributed by atoms with Crippen LogP contribution < -0.4 is 10.5 Å². The van der Waals surface area contributed by atoms with Crippen LogP contribution in [0.2, 0.25) is 5.02 Å². The predicted octanol–water partition coefficient (Wildman–Crippen LogP) is 3.69. The van der Waals surface area contributed by atoms with Crippen LogP contribution in [0.25, 0.3) is 10.9 Å². The first-order valence-corrected chi connectivity index (χ1v) is 7.86. The van der Waals surface area contributed by atoms with Crippen LogP contribution in [0.5, 0.6) is 5.75 Å². The lowest BCUT2D eigenvalue weighted by Crippen LogP contribution is -2.33. The molecule has 1 heterocycles. The normalized spacial score (nSPS) is 10.6. The topological polar surface area (TPSA) is 62.5 Å². The van der Waals surface area contributed by atoms with E-state index in [2.05, 4.69) is 6.58 Å². The predicted molar refractivity (Wildman–Crippen MR) is 99.3 cm³/mol. The Morgan fingerprint density at radius 3 is 2.52 bits per heavy atom. The average molecular weight is 355 g/mol. The number of aromatic hydroxyl groups is 1. The van der Waals surface area contributed by atoms with E-state index in [-0.39, 0.29) is 16.0 Å². The quantitative estimate of drug-likeness (QED) is 0.780. The van der Waals surface area contributed by atoms with Crippen LogP contribution in [-0.4, -0.2) is 15.6 Å². The summed E-state index contributed by atoms with van der Waals surface area (Å²) >= 11 is 6.17. The van der Waals surface area contributed by atoms with Gasteiger partial charge >= 0.3 is 0 Å². The maximum atomic E-state index is 13.0. The SMILES string of the molecule is C=CN(C(=O)c1c(O)c2c(Cl)cccc2n(C)c1=O)c1ccccc1. The van der Waals surface area contributed by atoms with Crippen molar-refractivity contribution in [3.8, 4) is 5.75 Å². The van der Waals surface area contributed by atoms with Gasteiger partial charge in [-0.1, -0.05) is 42.4 Å². The van der Waals surface area contributed by atoms with Crippen LogP contribution in [0.1, 0.15) is 10.4 Å². The van der Waals surface area contributed by atoms with E-state index in [1.165, 1.54) is 22.7 Å². The van der Waals surface area contributed by atoms with Gasteiger partial charge in [0.15, 0.2) is 0 Å². The summed E-state index contributed by atoms with van der Waals surface area (Å²) in [6, 6.07) is 13.6. The fraction of sp³-hybridized carbons (Fsp3) is 0.0526. The minimum Gasteiger partial charge on any atom is -0.506 e. The van der Waals surface area contributed by atoms with Gasteiger partial charge in [0.25, 0.3) is 11.5 Å². The number of hydrogen-bond acceptors (Lipinski definition) is 3. The van der Waals surface area contributed by atoms with Gasteiger partial charge in [0.2, 0.25) is 0 Å². The van der Waals surface area contributed by atoms with Crippen LogP contribution in [-0.2, 0) is 7.05 Å². The molecule has 0 aliphatic carbocycles. The number of amides is 1. The van der Waals surface area contributed by atoms with Crippen molar-refractivity contribution in [3.05, 3.63) is 82.2 Å². The molecule has 0 spiro atoms. The minimum atomic E-state index is -0.680. The van der Waals surface area contributed by atoms with E-state index in [9.17, 15) is 14.7 Å². The average Bonchev–Trinajstić information content (AvgIpc) is 2.61. The van der Waals surface area contributed by atoms with E-state index in [1.54, 1.807) is 42.5 Å². The Hall–Kier alpha value is -3.05. The number of benzene rings is 2. The van der Waals surface area contributed by atoms with E-state index < -0.39 is 17.2 Å². The maximum Gasteiger partial charge on any atom is 0.271 e. The molecule has 3 aromatic rings. The summed E-state index contributed by atoms with van der Waals surface area (Å²) < 4.78 is 1.29. The van der Waals surface area contributed by atoms with Crippen LogP contribution in [0.15, 0.2) is 66.1 Å². The van der Waals surface area contributed by atoms with Crippen molar-refractivity contribution in [1.29, 1.82) is 0 Å². The van der Waals surface area contributed by atoms with Crippen molar-refractivity contribution in [2.45, 2.75) is 0 Å². The summed E-state index contributed by atoms with van der Waals surface area (Å²) in [7, 11) is 1.53. The number of anilines is 1. The third-order valence-corrected chi connectivity index (χ3v) is 4.31. The summed E-state index contributed by atoms with van der Waals surface area (Å²) in [6.07, 6.45) is 1.30. The highest BCUT2D eigenvalue weighted by molar-refractivity contribution is 6.36. The zero-order chi connectivity index (χ0) is 18.1. The van der Waals surface area contributed by atoms with E-state index in [4.69, 9.17) is 11.6 Å². The van der Waals surface area contributed by atoms with Crippen molar-refractivity contribution >= 4 is 34.1 Å². The number of rotatable bonds is 3. The van der Waals surface area contributed by atoms with E-state index in [0.717, 1.165) is 0 Å². The van der Waals surface area contributed by atoms with Crippen molar-refractivity contribution in [1.82, 2.24) is 4.57 Å². The van der Waals surface area contributed by atoms with E-state index in [1.807, 2.05) is 6.07 Å². The molecule has 0 saturated heterocycles. The van der Waals surface area contributed by atoms with E-state index in [0.29, 0.717) is 11.2 Å². The third-order valence-electron chi connectivity index (χ3n) is 3.99. The summed E-state index contributed by atoms with van der Waals surface area (Å²) in [6.45, 7) is 3.63. The second-order valence-corrected chi connectivity index (χ2v) is 5.82. The number of nitrogens with zero attached hydrogens (tertiary/aromatic N) is 2. The molecule has 0 aliphatic rings. The summed E-state index contributed by atoms with van der Waals surface area (Å²) in [4.78, 5) is 26.9. The summed E-state index contributed by atoms with van der Waals surface area (Å²) in [5, 5.41) is 11.1. The van der Waals surface area contributed by atoms with Gasteiger partial charge in [-0.3, -0.25) is 14.5 Å². The Bertz CT molecular complexity index is 1040. The number of pyridine rings is 1. The second kappa shape index (κ2) is 6.45. The van der Waals surface area contributed by atoms with Crippen molar-refractivity contribution < 1.29 is 9.90 Å². The Morgan fingerprint density at radius 2 is 1.88 bits per heavy atom. The standard InChI is InChI=1S/C19H15ClN2O3/c1-3-22(12-8-5-4-6-9-12)19(25)16-17(23)15-13(20)10-7-11-14(15)21(2)18(16)24/h3-11,23H,1H2,2H3. The molecule has 1 amide bonds. The highest BCUT2D eigenvalue weighted by Crippen LogP contribution is 2.33. The summed E-state index contributed by atoms with van der Waals surface area (Å²) in [5.74, 6) is -1.11. The molecule has 0 aliphatic heterocycles. The largest absolute Gasteiger partial charge is 0.506 e. The molecule has 0 atom stereocenters. The first-order chi connectivity index (χ1) is 12.0. The zero-order valence-corrected chi connectivity index (χ0v) is 14.2. The molecule has 2 aromatic carbocycles. The molecule has 1 N–H and O–H groups in total. The first-order valence-electron chi connectivity index (χ1n) is 7.48. The van der Waals surface area contributed by atoms with Crippen LogP contribution in [0.4, 0.5) is 5.69 Å². The van der Waals surface area contributed by atoms with Gasteiger partial charge in [0.05, 0.1) is 15.9 Å². The molecule has 5 nitrogen and oxygen atoms in total. The van der Waals surface area contributed by atoms with Gasteiger partial charge in [0.1, 0.15) is 11.3 Å². The zero-order valence-electron chi connectivity index (χ0n) is 13.4. The van der Waals surface area contributed by atoms with Crippen LogP contribution >= 0.6 is 11.6 Å². The molecule has 126 valence electrons. The van der Waals surface area contributed by atoms with Gasteiger partial charge < -0.3 is 9.67 Å². The number of aromatic nitrogens is 1. The Balaban J connectivity index is 2.28. The molecule has 6 heteroatoms. The van der Waals surface area contributed by atoms with Gasteiger partial charge in [-0.15, -0.1) is 0 Å². The molecule has 0 saturated carbocycles. The molecule has 0 fully saturated rings. The monoisotopic (exact) mass is 354 g/mol. The Kier molecular flexibility index (Phi) is 4.33. The van der Waals surface area contributed by atoms with Crippen molar-refractivity contribution in [2.24, 2.45) is 7.05 Å². The van der Waals surface area contributed by atoms with Crippen molar-refractivity contribution in [2.75, 3.05) is 4.90 Å². The number of para-hydroxylation sites is 1. The molecule has 3 rings (SSSR count). The lowest BCUT2D eigenvalue weighted by Gasteiger charge is -2.20.